The molecule has 6 heteroatoms. The lowest BCUT2D eigenvalue weighted by atomic mass is 10.3. The lowest BCUT2D eigenvalue weighted by Crippen LogP contribution is -2.30. The Kier molecular flexibility index (Phi) is 7.47. The molecule has 25 heavy (non-hydrogen) atoms. The van der Waals surface area contributed by atoms with Crippen molar-refractivity contribution >= 4 is 33.5 Å². The van der Waals surface area contributed by atoms with Crippen molar-refractivity contribution in [3.63, 3.8) is 0 Å². The molecule has 0 heterocycles. The molecule has 0 aliphatic carbocycles. The first kappa shape index (κ1) is 19.0. The number of hydrogen-bond donors (Lipinski definition) is 1. The summed E-state index contributed by atoms with van der Waals surface area (Å²) in [7, 11) is 0. The summed E-state index contributed by atoms with van der Waals surface area (Å²) in [5.41, 5.74) is 0.646. The molecule has 0 bridgehead atoms. The van der Waals surface area contributed by atoms with Gasteiger partial charge in [0.1, 0.15) is 5.75 Å². The molecule has 0 saturated heterocycles. The van der Waals surface area contributed by atoms with Crippen molar-refractivity contribution in [1.29, 1.82) is 0 Å². The second kappa shape index (κ2) is 9.84. The average molecular weight is 406 g/mol. The number of para-hydroxylation sites is 1. The fraction of sp³-hybridized carbons (Fsp3) is 0.263. The van der Waals surface area contributed by atoms with Crippen molar-refractivity contribution in [2.75, 3.05) is 11.9 Å². The van der Waals surface area contributed by atoms with E-state index in [2.05, 4.69) is 21.2 Å². The number of esters is 1. The highest BCUT2D eigenvalue weighted by Gasteiger charge is 2.17. The van der Waals surface area contributed by atoms with Gasteiger partial charge in [-0.3, -0.25) is 9.59 Å². The molecule has 2 rings (SSSR count). The van der Waals surface area contributed by atoms with Crippen molar-refractivity contribution in [1.82, 2.24) is 0 Å². The molecule has 2 aromatic rings. The monoisotopic (exact) mass is 405 g/mol. The minimum Gasteiger partial charge on any atom is -0.494 e. The third kappa shape index (κ3) is 6.97. The predicted molar refractivity (Wildman–Crippen MR) is 99.5 cm³/mol. The molecule has 0 unspecified atom stereocenters. The normalized spacial score (nSPS) is 11.4. The van der Waals surface area contributed by atoms with Crippen LogP contribution in [0.15, 0.2) is 59.1 Å². The molecular formula is C19H20BrNO4. The lowest BCUT2D eigenvalue weighted by molar-refractivity contribution is -0.153. The van der Waals surface area contributed by atoms with Gasteiger partial charge in [0.05, 0.1) is 6.61 Å². The van der Waals surface area contributed by atoms with Crippen LogP contribution in [-0.4, -0.2) is 24.6 Å². The van der Waals surface area contributed by atoms with E-state index in [9.17, 15) is 9.59 Å². The summed E-state index contributed by atoms with van der Waals surface area (Å²) in [6.07, 6.45) is -0.136. The molecule has 0 aliphatic heterocycles. The van der Waals surface area contributed by atoms with Gasteiger partial charge in [-0.1, -0.05) is 34.1 Å². The first-order valence-electron chi connectivity index (χ1n) is 7.98. The van der Waals surface area contributed by atoms with E-state index < -0.39 is 12.1 Å². The van der Waals surface area contributed by atoms with E-state index in [1.54, 1.807) is 19.1 Å². The van der Waals surface area contributed by atoms with Crippen LogP contribution in [0.1, 0.15) is 19.8 Å². The van der Waals surface area contributed by atoms with Crippen LogP contribution in [0.5, 0.6) is 5.75 Å². The zero-order valence-electron chi connectivity index (χ0n) is 13.9. The van der Waals surface area contributed by atoms with Crippen LogP contribution in [0.2, 0.25) is 0 Å². The standard InChI is InChI=1S/C19H20BrNO4/c1-14(19(23)21-16-11-9-15(20)10-12-16)25-18(22)8-5-13-24-17-6-3-2-4-7-17/h2-4,6-7,9-12,14H,5,8,13H2,1H3,(H,21,23)/t14-/m1/s1. The number of rotatable bonds is 8. The fourth-order valence-corrected chi connectivity index (χ4v) is 2.27. The lowest BCUT2D eigenvalue weighted by Gasteiger charge is -2.13. The van der Waals surface area contributed by atoms with E-state index in [4.69, 9.17) is 9.47 Å². The Hall–Kier alpha value is -2.34. The van der Waals surface area contributed by atoms with Crippen molar-refractivity contribution in [2.24, 2.45) is 0 Å². The van der Waals surface area contributed by atoms with Gasteiger partial charge in [0, 0.05) is 16.6 Å². The Morgan fingerprint density at radius 2 is 1.76 bits per heavy atom. The third-order valence-electron chi connectivity index (χ3n) is 3.33. The predicted octanol–water partition coefficient (Wildman–Crippen LogP) is 4.18. The van der Waals surface area contributed by atoms with Crippen LogP contribution in [0, 0.1) is 0 Å². The molecule has 2 aromatic carbocycles. The quantitative estimate of drug-likeness (QED) is 0.528. The number of ether oxygens (including phenoxy) is 2. The average Bonchev–Trinajstić information content (AvgIpc) is 2.61. The van der Waals surface area contributed by atoms with Crippen molar-refractivity contribution in [2.45, 2.75) is 25.9 Å². The second-order valence-corrected chi connectivity index (χ2v) is 6.31. The van der Waals surface area contributed by atoms with E-state index in [0.29, 0.717) is 18.7 Å². The van der Waals surface area contributed by atoms with Gasteiger partial charge in [-0.2, -0.15) is 0 Å². The van der Waals surface area contributed by atoms with Gasteiger partial charge in [-0.25, -0.2) is 0 Å². The van der Waals surface area contributed by atoms with E-state index in [-0.39, 0.29) is 12.3 Å². The summed E-state index contributed by atoms with van der Waals surface area (Å²) in [6.45, 7) is 1.96. The molecule has 0 saturated carbocycles. The first-order valence-corrected chi connectivity index (χ1v) is 8.77. The SMILES string of the molecule is C[C@@H](OC(=O)CCCOc1ccccc1)C(=O)Nc1ccc(Br)cc1. The molecule has 1 atom stereocenters. The number of amides is 1. The molecule has 132 valence electrons. The minimum absolute atomic E-state index is 0.197. The number of benzene rings is 2. The number of nitrogens with one attached hydrogen (secondary N) is 1. The summed E-state index contributed by atoms with van der Waals surface area (Å²) < 4.78 is 11.6. The number of hydrogen-bond acceptors (Lipinski definition) is 4. The second-order valence-electron chi connectivity index (χ2n) is 5.39. The number of anilines is 1. The van der Waals surface area contributed by atoms with Crippen LogP contribution in [-0.2, 0) is 14.3 Å². The van der Waals surface area contributed by atoms with Crippen molar-refractivity contribution in [3.05, 3.63) is 59.1 Å². The Balaban J connectivity index is 1.66. The van der Waals surface area contributed by atoms with Gasteiger partial charge in [0.25, 0.3) is 5.91 Å². The maximum Gasteiger partial charge on any atom is 0.306 e. The molecule has 1 N–H and O–H groups in total. The summed E-state index contributed by atoms with van der Waals surface area (Å²) in [6, 6.07) is 16.5. The van der Waals surface area contributed by atoms with Gasteiger partial charge < -0.3 is 14.8 Å². The molecule has 0 aromatic heterocycles. The highest BCUT2D eigenvalue weighted by atomic mass is 79.9. The van der Waals surface area contributed by atoms with E-state index >= 15 is 0 Å². The zero-order chi connectivity index (χ0) is 18.1. The van der Waals surface area contributed by atoms with E-state index in [0.717, 1.165) is 10.2 Å². The Labute approximate surface area is 155 Å². The highest BCUT2D eigenvalue weighted by Crippen LogP contribution is 2.14. The summed E-state index contributed by atoms with van der Waals surface area (Å²) in [5, 5.41) is 2.70. The molecule has 0 aliphatic rings. The van der Waals surface area contributed by atoms with Gasteiger partial charge in [-0.15, -0.1) is 0 Å². The molecule has 0 radical (unpaired) electrons. The number of carbonyl (C=O) groups is 2. The van der Waals surface area contributed by atoms with Gasteiger partial charge in [-0.05, 0) is 49.7 Å². The molecule has 0 fully saturated rings. The number of halogens is 1. The Bertz CT molecular complexity index is 688. The number of carbonyl (C=O) groups excluding carboxylic acids is 2. The van der Waals surface area contributed by atoms with Gasteiger partial charge in [0.2, 0.25) is 0 Å². The minimum atomic E-state index is -0.855. The smallest absolute Gasteiger partial charge is 0.306 e. The summed E-state index contributed by atoms with van der Waals surface area (Å²) in [5.74, 6) is -0.0237. The summed E-state index contributed by atoms with van der Waals surface area (Å²) in [4.78, 5) is 23.8. The van der Waals surface area contributed by atoms with Crippen LogP contribution < -0.4 is 10.1 Å². The molecular weight excluding hydrogens is 386 g/mol. The molecule has 0 spiro atoms. The van der Waals surface area contributed by atoms with Crippen LogP contribution >= 0.6 is 15.9 Å². The molecule has 5 nitrogen and oxygen atoms in total. The topological polar surface area (TPSA) is 64.6 Å². The van der Waals surface area contributed by atoms with E-state index in [1.165, 1.54) is 0 Å². The van der Waals surface area contributed by atoms with Crippen LogP contribution in [0.25, 0.3) is 0 Å². The maximum absolute atomic E-state index is 12.0. The van der Waals surface area contributed by atoms with Gasteiger partial charge >= 0.3 is 5.97 Å². The summed E-state index contributed by atoms with van der Waals surface area (Å²) >= 11 is 3.33. The van der Waals surface area contributed by atoms with Gasteiger partial charge in [0.15, 0.2) is 6.10 Å². The third-order valence-corrected chi connectivity index (χ3v) is 3.86. The largest absolute Gasteiger partial charge is 0.494 e. The first-order chi connectivity index (χ1) is 12.0. The van der Waals surface area contributed by atoms with E-state index in [1.807, 2.05) is 42.5 Å². The molecule has 1 amide bonds. The van der Waals surface area contributed by atoms with Crippen molar-refractivity contribution in [3.8, 4) is 5.75 Å². The fourth-order valence-electron chi connectivity index (χ4n) is 2.01. The Morgan fingerprint density at radius 3 is 2.44 bits per heavy atom. The van der Waals surface area contributed by atoms with Crippen LogP contribution in [0.4, 0.5) is 5.69 Å². The Morgan fingerprint density at radius 1 is 1.08 bits per heavy atom. The maximum atomic E-state index is 12.0. The zero-order valence-corrected chi connectivity index (χ0v) is 15.5. The highest BCUT2D eigenvalue weighted by molar-refractivity contribution is 9.10. The van der Waals surface area contributed by atoms with Crippen LogP contribution in [0.3, 0.4) is 0 Å². The van der Waals surface area contributed by atoms with Crippen molar-refractivity contribution < 1.29 is 19.1 Å².